The minimum absolute atomic E-state index is 0.127. The summed E-state index contributed by atoms with van der Waals surface area (Å²) in [5.74, 6) is 0.870. The maximum absolute atomic E-state index is 5.02. The maximum atomic E-state index is 5.02. The van der Waals surface area contributed by atoms with Crippen LogP contribution in [0.4, 0.5) is 5.13 Å². The van der Waals surface area contributed by atoms with E-state index < -0.39 is 0 Å². The van der Waals surface area contributed by atoms with Gasteiger partial charge in [0.25, 0.3) is 0 Å². The molecule has 2 rings (SSSR count). The van der Waals surface area contributed by atoms with Crippen LogP contribution in [0.25, 0.3) is 0 Å². The number of nitrogens with zero attached hydrogens (tertiary/aromatic N) is 2. The van der Waals surface area contributed by atoms with Gasteiger partial charge in [0.05, 0.1) is 5.69 Å². The number of hydrogen-bond donors (Lipinski definition) is 1. The van der Waals surface area contributed by atoms with Gasteiger partial charge in [0, 0.05) is 29.9 Å². The van der Waals surface area contributed by atoms with Crippen molar-refractivity contribution < 1.29 is 0 Å². The van der Waals surface area contributed by atoms with Gasteiger partial charge in [0.15, 0.2) is 5.13 Å². The Morgan fingerprint density at radius 2 is 2.10 bits per heavy atom. The van der Waals surface area contributed by atoms with Crippen molar-refractivity contribution in [3.63, 3.8) is 0 Å². The normalized spacial score (nSPS) is 19.5. The van der Waals surface area contributed by atoms with E-state index in [0.717, 1.165) is 19.0 Å². The zero-order chi connectivity index (χ0) is 15.5. The highest BCUT2D eigenvalue weighted by molar-refractivity contribution is 7.15. The smallest absolute Gasteiger partial charge is 0.185 e. The molecular weight excluding hydrogens is 278 g/mol. The van der Waals surface area contributed by atoms with E-state index in [0.29, 0.717) is 0 Å². The lowest BCUT2D eigenvalue weighted by Gasteiger charge is -2.18. The number of hydrogen-bond acceptors (Lipinski definition) is 4. The maximum Gasteiger partial charge on any atom is 0.185 e. The van der Waals surface area contributed by atoms with Crippen molar-refractivity contribution in [2.24, 2.45) is 5.92 Å². The van der Waals surface area contributed by atoms with Crippen LogP contribution in [0.15, 0.2) is 0 Å². The van der Waals surface area contributed by atoms with E-state index >= 15 is 0 Å². The Balaban J connectivity index is 2.15. The Morgan fingerprint density at radius 3 is 2.71 bits per heavy atom. The molecular formula is C17H31N3S. The van der Waals surface area contributed by atoms with E-state index in [-0.39, 0.29) is 5.41 Å². The quantitative estimate of drug-likeness (QED) is 0.854. The van der Waals surface area contributed by atoms with Crippen LogP contribution in [0.1, 0.15) is 64.5 Å². The molecule has 1 atom stereocenters. The fourth-order valence-corrected chi connectivity index (χ4v) is 4.34. The molecule has 0 spiro atoms. The molecule has 120 valence electrons. The molecule has 1 fully saturated rings. The van der Waals surface area contributed by atoms with E-state index in [1.807, 2.05) is 11.3 Å². The predicted octanol–water partition coefficient (Wildman–Crippen LogP) is 4.18. The molecule has 0 amide bonds. The molecule has 0 radical (unpaired) electrons. The fourth-order valence-electron chi connectivity index (χ4n) is 3.07. The van der Waals surface area contributed by atoms with Crippen molar-refractivity contribution >= 4 is 16.5 Å². The third-order valence-electron chi connectivity index (χ3n) is 4.19. The van der Waals surface area contributed by atoms with Gasteiger partial charge >= 0.3 is 0 Å². The first-order chi connectivity index (χ1) is 9.95. The second-order valence-electron chi connectivity index (χ2n) is 7.19. The van der Waals surface area contributed by atoms with Crippen LogP contribution in [-0.2, 0) is 12.0 Å². The Morgan fingerprint density at radius 1 is 1.33 bits per heavy atom. The largest absolute Gasteiger partial charge is 0.348 e. The van der Waals surface area contributed by atoms with Crippen molar-refractivity contribution in [2.45, 2.75) is 65.8 Å². The molecule has 1 N–H and O–H groups in total. The Labute approximate surface area is 134 Å². The highest BCUT2D eigenvalue weighted by atomic mass is 32.1. The molecule has 0 aromatic carbocycles. The van der Waals surface area contributed by atoms with Crippen molar-refractivity contribution in [1.82, 2.24) is 10.3 Å². The molecule has 1 saturated heterocycles. The summed E-state index contributed by atoms with van der Waals surface area (Å²) in [7, 11) is 0. The molecule has 1 aliphatic heterocycles. The minimum atomic E-state index is 0.127. The van der Waals surface area contributed by atoms with Crippen LogP contribution in [0, 0.1) is 5.92 Å². The van der Waals surface area contributed by atoms with Crippen LogP contribution in [0.5, 0.6) is 0 Å². The first-order valence-electron chi connectivity index (χ1n) is 8.41. The van der Waals surface area contributed by atoms with Crippen LogP contribution >= 0.6 is 11.3 Å². The number of aromatic nitrogens is 1. The zero-order valence-electron chi connectivity index (χ0n) is 14.3. The highest BCUT2D eigenvalue weighted by Gasteiger charge is 2.28. The lowest BCUT2D eigenvalue weighted by atomic mass is 9.91. The highest BCUT2D eigenvalue weighted by Crippen LogP contribution is 2.36. The molecule has 1 aromatic rings. The number of rotatable bonds is 6. The Hall–Kier alpha value is -0.610. The first kappa shape index (κ1) is 16.8. The van der Waals surface area contributed by atoms with Gasteiger partial charge in [0.2, 0.25) is 0 Å². The van der Waals surface area contributed by atoms with Gasteiger partial charge in [-0.3, -0.25) is 0 Å². The van der Waals surface area contributed by atoms with Crippen molar-refractivity contribution in [3.8, 4) is 0 Å². The van der Waals surface area contributed by atoms with Gasteiger partial charge in [-0.1, -0.05) is 41.0 Å². The fraction of sp³-hybridized carbons (Fsp3) is 0.824. The van der Waals surface area contributed by atoms with E-state index in [9.17, 15) is 0 Å². The predicted molar refractivity (Wildman–Crippen MR) is 93.4 cm³/mol. The van der Waals surface area contributed by atoms with Gasteiger partial charge in [-0.25, -0.2) is 4.98 Å². The second kappa shape index (κ2) is 7.10. The molecule has 0 bridgehead atoms. The summed E-state index contributed by atoms with van der Waals surface area (Å²) in [5, 5.41) is 4.70. The molecule has 1 aliphatic rings. The third-order valence-corrected chi connectivity index (χ3v) is 5.30. The first-order valence-corrected chi connectivity index (χ1v) is 9.23. The van der Waals surface area contributed by atoms with Crippen LogP contribution in [0.2, 0.25) is 0 Å². The van der Waals surface area contributed by atoms with Crippen LogP contribution < -0.4 is 10.2 Å². The van der Waals surface area contributed by atoms with Gasteiger partial charge in [-0.15, -0.1) is 11.3 Å². The minimum Gasteiger partial charge on any atom is -0.348 e. The summed E-state index contributed by atoms with van der Waals surface area (Å²) in [6, 6.07) is 0. The van der Waals surface area contributed by atoms with Crippen molar-refractivity contribution in [3.05, 3.63) is 10.6 Å². The summed E-state index contributed by atoms with van der Waals surface area (Å²) in [6.07, 6.45) is 3.99. The lowest BCUT2D eigenvalue weighted by molar-refractivity contribution is 0.529. The van der Waals surface area contributed by atoms with Gasteiger partial charge < -0.3 is 10.2 Å². The standard InChI is InChI=1S/C17H31N3S/c1-6-8-13-9-10-20(12-13)16-19-15(17(3,4)5)14(21-16)11-18-7-2/h13,18H,6-12H2,1-5H3. The van der Waals surface area contributed by atoms with Gasteiger partial charge in [-0.2, -0.15) is 0 Å². The van der Waals surface area contributed by atoms with Gasteiger partial charge in [-0.05, 0) is 25.3 Å². The Bertz CT molecular complexity index is 447. The van der Waals surface area contributed by atoms with Crippen LogP contribution in [0.3, 0.4) is 0 Å². The molecule has 1 unspecified atom stereocenters. The van der Waals surface area contributed by atoms with E-state index in [1.165, 1.54) is 48.1 Å². The monoisotopic (exact) mass is 309 g/mol. The summed E-state index contributed by atoms with van der Waals surface area (Å²) in [6.45, 7) is 15.6. The van der Waals surface area contributed by atoms with Crippen molar-refractivity contribution in [2.75, 3.05) is 24.5 Å². The number of nitrogens with one attached hydrogen (secondary N) is 1. The number of thiazole rings is 1. The van der Waals surface area contributed by atoms with E-state index in [4.69, 9.17) is 4.98 Å². The lowest BCUT2D eigenvalue weighted by Crippen LogP contribution is -2.20. The second-order valence-corrected chi connectivity index (χ2v) is 8.25. The van der Waals surface area contributed by atoms with Crippen LogP contribution in [-0.4, -0.2) is 24.6 Å². The molecule has 0 saturated carbocycles. The van der Waals surface area contributed by atoms with Gasteiger partial charge in [0.1, 0.15) is 0 Å². The summed E-state index contributed by atoms with van der Waals surface area (Å²) < 4.78 is 0. The molecule has 21 heavy (non-hydrogen) atoms. The average Bonchev–Trinajstić information content (AvgIpc) is 3.02. The molecule has 2 heterocycles. The van der Waals surface area contributed by atoms with E-state index in [1.54, 1.807) is 0 Å². The zero-order valence-corrected chi connectivity index (χ0v) is 15.1. The summed E-state index contributed by atoms with van der Waals surface area (Å²) in [4.78, 5) is 8.94. The topological polar surface area (TPSA) is 28.2 Å². The summed E-state index contributed by atoms with van der Waals surface area (Å²) >= 11 is 1.90. The Kier molecular flexibility index (Phi) is 5.67. The molecule has 4 heteroatoms. The molecule has 1 aromatic heterocycles. The average molecular weight is 310 g/mol. The van der Waals surface area contributed by atoms with E-state index in [2.05, 4.69) is 44.8 Å². The summed E-state index contributed by atoms with van der Waals surface area (Å²) in [5.41, 5.74) is 1.41. The third kappa shape index (κ3) is 4.19. The SMILES string of the molecule is CCCC1CCN(c2nc(C(C)(C)C)c(CNCC)s2)C1. The molecule has 3 nitrogen and oxygen atoms in total. The molecule has 0 aliphatic carbocycles. The number of anilines is 1. The van der Waals surface area contributed by atoms with Crippen molar-refractivity contribution in [1.29, 1.82) is 0 Å².